The Hall–Kier alpha value is -0.940. The minimum absolute atomic E-state index is 0.0837. The summed E-state index contributed by atoms with van der Waals surface area (Å²) in [5.41, 5.74) is -0.356. The van der Waals surface area contributed by atoms with E-state index in [9.17, 15) is 4.79 Å². The fourth-order valence-electron chi connectivity index (χ4n) is 2.23. The van der Waals surface area contributed by atoms with Gasteiger partial charge in [0, 0.05) is 36.6 Å². The van der Waals surface area contributed by atoms with Gasteiger partial charge in [0.15, 0.2) is 0 Å². The average molecular weight is 296 g/mol. The summed E-state index contributed by atoms with van der Waals surface area (Å²) in [5.74, 6) is 3.31. The molecule has 1 saturated heterocycles. The lowest BCUT2D eigenvalue weighted by atomic mass is 9.95. The van der Waals surface area contributed by atoms with Crippen LogP contribution in [-0.4, -0.2) is 41.9 Å². The van der Waals surface area contributed by atoms with Crippen LogP contribution in [0.15, 0.2) is 22.8 Å². The first kappa shape index (κ1) is 15.4. The molecule has 0 bridgehead atoms. The van der Waals surface area contributed by atoms with Crippen molar-refractivity contribution in [2.24, 2.45) is 5.41 Å². The highest BCUT2D eigenvalue weighted by Gasteiger charge is 2.27. The lowest BCUT2D eigenvalue weighted by Crippen LogP contribution is -2.44. The third-order valence-corrected chi connectivity index (χ3v) is 4.44. The molecule has 2 rings (SSSR count). The van der Waals surface area contributed by atoms with Crippen LogP contribution < -0.4 is 5.32 Å². The maximum absolute atomic E-state index is 12.1. The Morgan fingerprint density at radius 3 is 2.70 bits per heavy atom. The van der Waals surface area contributed by atoms with Crippen LogP contribution in [0.2, 0.25) is 0 Å². The smallest absolute Gasteiger partial charge is 0.225 e. The van der Waals surface area contributed by atoms with E-state index >= 15 is 0 Å². The molecule has 1 aromatic heterocycles. The second-order valence-corrected chi connectivity index (χ2v) is 7.36. The van der Waals surface area contributed by atoms with Gasteiger partial charge in [0.25, 0.3) is 0 Å². The van der Waals surface area contributed by atoms with Crippen LogP contribution in [0.1, 0.15) is 32.6 Å². The van der Waals surface area contributed by atoms with Crippen molar-refractivity contribution in [2.45, 2.75) is 26.8 Å². The average Bonchev–Trinajstić information content (AvgIpc) is 2.93. The first-order valence-electron chi connectivity index (χ1n) is 7.12. The maximum Gasteiger partial charge on any atom is 0.225 e. The number of rotatable bonds is 4. The minimum Gasteiger partial charge on any atom is -0.468 e. The SMILES string of the molecule is CC(C)(C)C(=O)NC[C@@H](c1ccco1)N1CCSCC1. The van der Waals surface area contributed by atoms with E-state index in [2.05, 4.69) is 10.2 Å². The van der Waals surface area contributed by atoms with E-state index in [1.54, 1.807) is 6.26 Å². The van der Waals surface area contributed by atoms with Crippen molar-refractivity contribution < 1.29 is 9.21 Å². The molecule has 0 radical (unpaired) electrons. The summed E-state index contributed by atoms with van der Waals surface area (Å²) in [6.45, 7) is 8.49. The Morgan fingerprint density at radius 1 is 1.45 bits per heavy atom. The monoisotopic (exact) mass is 296 g/mol. The maximum atomic E-state index is 12.1. The van der Waals surface area contributed by atoms with Gasteiger partial charge >= 0.3 is 0 Å². The van der Waals surface area contributed by atoms with Crippen LogP contribution >= 0.6 is 11.8 Å². The minimum atomic E-state index is -0.356. The number of hydrogen-bond donors (Lipinski definition) is 1. The zero-order valence-electron chi connectivity index (χ0n) is 12.5. The molecule has 5 heteroatoms. The third-order valence-electron chi connectivity index (χ3n) is 3.50. The largest absolute Gasteiger partial charge is 0.468 e. The molecule has 1 amide bonds. The Labute approximate surface area is 125 Å². The predicted octanol–water partition coefficient (Wildman–Crippen LogP) is 2.53. The number of hydrogen-bond acceptors (Lipinski definition) is 4. The summed E-state index contributed by atoms with van der Waals surface area (Å²) < 4.78 is 5.57. The molecule has 1 aliphatic heterocycles. The number of nitrogens with one attached hydrogen (secondary N) is 1. The van der Waals surface area contributed by atoms with Crippen LogP contribution in [-0.2, 0) is 4.79 Å². The summed E-state index contributed by atoms with van der Waals surface area (Å²) in [6.07, 6.45) is 1.70. The quantitative estimate of drug-likeness (QED) is 0.927. The molecule has 1 aromatic rings. The fourth-order valence-corrected chi connectivity index (χ4v) is 3.17. The van der Waals surface area contributed by atoms with Crippen LogP contribution in [0.5, 0.6) is 0 Å². The van der Waals surface area contributed by atoms with Crippen molar-refractivity contribution in [3.63, 3.8) is 0 Å². The second kappa shape index (κ2) is 6.68. The number of amides is 1. The molecule has 20 heavy (non-hydrogen) atoms. The van der Waals surface area contributed by atoms with Crippen molar-refractivity contribution in [1.29, 1.82) is 0 Å². The van der Waals surface area contributed by atoms with Crippen molar-refractivity contribution in [1.82, 2.24) is 10.2 Å². The summed E-state index contributed by atoms with van der Waals surface area (Å²) >= 11 is 1.98. The van der Waals surface area contributed by atoms with Crippen molar-refractivity contribution in [3.05, 3.63) is 24.2 Å². The second-order valence-electron chi connectivity index (χ2n) is 6.14. The van der Waals surface area contributed by atoms with Crippen LogP contribution in [0.25, 0.3) is 0 Å². The highest BCUT2D eigenvalue weighted by molar-refractivity contribution is 7.99. The number of nitrogens with zero attached hydrogens (tertiary/aromatic N) is 1. The van der Waals surface area contributed by atoms with Gasteiger partial charge in [0.05, 0.1) is 12.3 Å². The number of thioether (sulfide) groups is 1. The first-order valence-corrected chi connectivity index (χ1v) is 8.27. The summed E-state index contributed by atoms with van der Waals surface area (Å²) in [6, 6.07) is 4.04. The molecule has 1 fully saturated rings. The molecular weight excluding hydrogens is 272 g/mol. The number of carbonyl (C=O) groups excluding carboxylic acids is 1. The summed E-state index contributed by atoms with van der Waals surface area (Å²) in [5, 5.41) is 3.06. The van der Waals surface area contributed by atoms with Gasteiger partial charge in [-0.3, -0.25) is 9.69 Å². The van der Waals surface area contributed by atoms with Crippen LogP contribution in [0, 0.1) is 5.41 Å². The Balaban J connectivity index is 2.02. The van der Waals surface area contributed by atoms with E-state index in [1.807, 2.05) is 44.7 Å². The van der Waals surface area contributed by atoms with E-state index in [0.717, 1.165) is 30.4 Å². The Morgan fingerprint density at radius 2 is 2.15 bits per heavy atom. The van der Waals surface area contributed by atoms with Gasteiger partial charge in [-0.25, -0.2) is 0 Å². The zero-order chi connectivity index (χ0) is 14.6. The molecular formula is C15H24N2O2S. The Kier molecular flexibility index (Phi) is 5.16. The third kappa shape index (κ3) is 4.03. The number of carbonyl (C=O) groups is 1. The van der Waals surface area contributed by atoms with E-state index < -0.39 is 0 Å². The lowest BCUT2D eigenvalue weighted by molar-refractivity contribution is -0.128. The van der Waals surface area contributed by atoms with E-state index in [4.69, 9.17) is 4.42 Å². The summed E-state index contributed by atoms with van der Waals surface area (Å²) in [4.78, 5) is 14.5. The first-order chi connectivity index (χ1) is 9.48. The molecule has 4 nitrogen and oxygen atoms in total. The lowest BCUT2D eigenvalue weighted by Gasteiger charge is -2.33. The van der Waals surface area contributed by atoms with Gasteiger partial charge in [-0.05, 0) is 12.1 Å². The molecule has 1 atom stereocenters. The van der Waals surface area contributed by atoms with Gasteiger partial charge in [0.2, 0.25) is 5.91 Å². The molecule has 0 aliphatic carbocycles. The van der Waals surface area contributed by atoms with Gasteiger partial charge < -0.3 is 9.73 Å². The standard InChI is InChI=1S/C15H24N2O2S/c1-15(2,3)14(18)16-11-12(13-5-4-8-19-13)17-6-9-20-10-7-17/h4-5,8,12H,6-7,9-11H2,1-3H3,(H,16,18)/t12-/m0/s1. The molecule has 0 unspecified atom stereocenters. The van der Waals surface area contributed by atoms with Gasteiger partial charge in [-0.2, -0.15) is 11.8 Å². The van der Waals surface area contributed by atoms with Crippen molar-refractivity contribution in [3.8, 4) is 0 Å². The predicted molar refractivity (Wildman–Crippen MR) is 82.8 cm³/mol. The summed E-state index contributed by atoms with van der Waals surface area (Å²) in [7, 11) is 0. The molecule has 0 aromatic carbocycles. The molecule has 1 aliphatic rings. The van der Waals surface area contributed by atoms with Crippen molar-refractivity contribution in [2.75, 3.05) is 31.1 Å². The number of furan rings is 1. The van der Waals surface area contributed by atoms with E-state index in [1.165, 1.54) is 0 Å². The molecule has 0 saturated carbocycles. The van der Waals surface area contributed by atoms with Crippen LogP contribution in [0.4, 0.5) is 0 Å². The van der Waals surface area contributed by atoms with Crippen LogP contribution in [0.3, 0.4) is 0 Å². The highest BCUT2D eigenvalue weighted by atomic mass is 32.2. The zero-order valence-corrected chi connectivity index (χ0v) is 13.3. The molecule has 112 valence electrons. The van der Waals surface area contributed by atoms with Gasteiger partial charge in [-0.15, -0.1) is 0 Å². The van der Waals surface area contributed by atoms with Crippen molar-refractivity contribution >= 4 is 17.7 Å². The topological polar surface area (TPSA) is 45.5 Å². The van der Waals surface area contributed by atoms with Gasteiger partial charge in [0.1, 0.15) is 5.76 Å². The molecule has 0 spiro atoms. The van der Waals surface area contributed by atoms with E-state index in [0.29, 0.717) is 6.54 Å². The highest BCUT2D eigenvalue weighted by Crippen LogP contribution is 2.24. The molecule has 1 N–H and O–H groups in total. The normalized spacial score (nSPS) is 18.8. The fraction of sp³-hybridized carbons (Fsp3) is 0.667. The van der Waals surface area contributed by atoms with E-state index in [-0.39, 0.29) is 17.4 Å². The van der Waals surface area contributed by atoms with Gasteiger partial charge in [-0.1, -0.05) is 20.8 Å². The molecule has 2 heterocycles. The Bertz CT molecular complexity index is 420.